The minimum atomic E-state index is -2.23. The molecule has 0 aliphatic rings. The van der Waals surface area contributed by atoms with Crippen LogP contribution in [0, 0.1) is 0 Å². The topological polar surface area (TPSA) is 44.8 Å². The van der Waals surface area contributed by atoms with Crippen LogP contribution in [0.3, 0.4) is 0 Å². The first-order chi connectivity index (χ1) is 6.65. The second-order valence-electron chi connectivity index (χ2n) is 2.84. The summed E-state index contributed by atoms with van der Waals surface area (Å²) in [4.78, 5) is 11.4. The van der Waals surface area contributed by atoms with Gasteiger partial charge in [-0.05, 0) is 13.3 Å². The Hall–Kier alpha value is -0.653. The first-order valence-corrected chi connectivity index (χ1v) is 6.00. The molecule has 0 rings (SSSR count). The molecule has 0 unspecified atom stereocenters. The molecule has 0 aromatic heterocycles. The van der Waals surface area contributed by atoms with Crippen LogP contribution < -0.4 is 0 Å². The van der Waals surface area contributed by atoms with Crippen molar-refractivity contribution in [3.8, 4) is 0 Å². The summed E-state index contributed by atoms with van der Waals surface area (Å²) in [5, 5.41) is 0. The SMILES string of the molecule is CCCC=C(C)C(=O)O[SiH](OC)OC. The van der Waals surface area contributed by atoms with Gasteiger partial charge in [-0.3, -0.25) is 0 Å². The molecule has 0 radical (unpaired) electrons. The van der Waals surface area contributed by atoms with Gasteiger partial charge >= 0.3 is 15.5 Å². The molecule has 0 heterocycles. The molecule has 0 aliphatic carbocycles. The second-order valence-corrected chi connectivity index (χ2v) is 4.60. The standard InChI is InChI=1S/C9H18O4Si/c1-5-6-7-8(2)9(10)13-14(11-3)12-4/h7,14H,5-6H2,1-4H3. The summed E-state index contributed by atoms with van der Waals surface area (Å²) in [6, 6.07) is 0. The third-order valence-electron chi connectivity index (χ3n) is 1.65. The molecule has 0 aromatic carbocycles. The summed E-state index contributed by atoms with van der Waals surface area (Å²) in [7, 11) is 0.712. The molecule has 0 bridgehead atoms. The maximum Gasteiger partial charge on any atom is 0.551 e. The Morgan fingerprint density at radius 3 is 2.36 bits per heavy atom. The summed E-state index contributed by atoms with van der Waals surface area (Å²) in [5.41, 5.74) is 0.610. The van der Waals surface area contributed by atoms with Crippen LogP contribution in [0.2, 0.25) is 0 Å². The van der Waals surface area contributed by atoms with Gasteiger partial charge in [0.15, 0.2) is 0 Å². The normalized spacial score (nSPS) is 11.9. The van der Waals surface area contributed by atoms with E-state index in [1.165, 1.54) is 14.2 Å². The van der Waals surface area contributed by atoms with Crippen molar-refractivity contribution in [3.63, 3.8) is 0 Å². The monoisotopic (exact) mass is 218 g/mol. The maximum atomic E-state index is 11.4. The molecule has 82 valence electrons. The minimum Gasteiger partial charge on any atom is -0.472 e. The molecular formula is C9H18O4Si. The molecular weight excluding hydrogens is 200 g/mol. The van der Waals surface area contributed by atoms with Gasteiger partial charge in [0.2, 0.25) is 0 Å². The van der Waals surface area contributed by atoms with E-state index in [1.54, 1.807) is 6.92 Å². The van der Waals surface area contributed by atoms with Crippen molar-refractivity contribution in [3.05, 3.63) is 11.6 Å². The van der Waals surface area contributed by atoms with E-state index < -0.39 is 9.53 Å². The molecule has 14 heavy (non-hydrogen) atoms. The van der Waals surface area contributed by atoms with E-state index in [4.69, 9.17) is 13.3 Å². The Morgan fingerprint density at radius 2 is 1.93 bits per heavy atom. The lowest BCUT2D eigenvalue weighted by molar-refractivity contribution is -0.133. The third kappa shape index (κ3) is 5.16. The minimum absolute atomic E-state index is 0.348. The molecule has 0 fully saturated rings. The summed E-state index contributed by atoms with van der Waals surface area (Å²) in [5.74, 6) is -0.348. The molecule has 0 N–H and O–H groups in total. The van der Waals surface area contributed by atoms with Gasteiger partial charge in [0.25, 0.3) is 0 Å². The van der Waals surface area contributed by atoms with Crippen molar-refractivity contribution < 1.29 is 18.1 Å². The highest BCUT2D eigenvalue weighted by molar-refractivity contribution is 6.39. The van der Waals surface area contributed by atoms with E-state index in [2.05, 4.69) is 6.92 Å². The lowest BCUT2D eigenvalue weighted by Gasteiger charge is -2.11. The van der Waals surface area contributed by atoms with Crippen molar-refractivity contribution >= 4 is 15.5 Å². The number of rotatable bonds is 6. The molecule has 4 nitrogen and oxygen atoms in total. The van der Waals surface area contributed by atoms with Crippen LogP contribution in [-0.4, -0.2) is 29.7 Å². The fourth-order valence-corrected chi connectivity index (χ4v) is 1.56. The van der Waals surface area contributed by atoms with E-state index in [0.717, 1.165) is 12.8 Å². The van der Waals surface area contributed by atoms with Crippen LogP contribution >= 0.6 is 0 Å². The van der Waals surface area contributed by atoms with Gasteiger partial charge in [-0.15, -0.1) is 0 Å². The molecule has 5 heteroatoms. The van der Waals surface area contributed by atoms with Crippen molar-refractivity contribution in [1.29, 1.82) is 0 Å². The quantitative estimate of drug-likeness (QED) is 0.498. The largest absolute Gasteiger partial charge is 0.551 e. The van der Waals surface area contributed by atoms with E-state index in [9.17, 15) is 4.79 Å². The van der Waals surface area contributed by atoms with Gasteiger partial charge in [0, 0.05) is 19.8 Å². The Kier molecular flexibility index (Phi) is 7.36. The molecule has 0 spiro atoms. The van der Waals surface area contributed by atoms with Crippen LogP contribution in [0.1, 0.15) is 26.7 Å². The first kappa shape index (κ1) is 13.3. The lowest BCUT2D eigenvalue weighted by Crippen LogP contribution is -2.27. The van der Waals surface area contributed by atoms with E-state index in [0.29, 0.717) is 5.57 Å². The smallest absolute Gasteiger partial charge is 0.472 e. The summed E-state index contributed by atoms with van der Waals surface area (Å²) in [6.07, 6.45) is 3.76. The van der Waals surface area contributed by atoms with Gasteiger partial charge < -0.3 is 13.3 Å². The maximum absolute atomic E-state index is 11.4. The van der Waals surface area contributed by atoms with Crippen molar-refractivity contribution in [2.45, 2.75) is 26.7 Å². The summed E-state index contributed by atoms with van der Waals surface area (Å²) in [6.45, 7) is 3.78. The predicted molar refractivity (Wildman–Crippen MR) is 55.9 cm³/mol. The van der Waals surface area contributed by atoms with Crippen LogP contribution in [0.4, 0.5) is 0 Å². The first-order valence-electron chi connectivity index (χ1n) is 4.59. The van der Waals surface area contributed by atoms with E-state index in [-0.39, 0.29) is 5.97 Å². The molecule has 0 aliphatic heterocycles. The van der Waals surface area contributed by atoms with Gasteiger partial charge in [-0.25, -0.2) is 4.79 Å². The Labute approximate surface area is 86.8 Å². The number of hydrogen-bond acceptors (Lipinski definition) is 4. The fourth-order valence-electron chi connectivity index (χ4n) is 0.817. The average Bonchev–Trinajstić information content (AvgIpc) is 2.21. The van der Waals surface area contributed by atoms with E-state index in [1.807, 2.05) is 6.08 Å². The fraction of sp³-hybridized carbons (Fsp3) is 0.667. The van der Waals surface area contributed by atoms with Gasteiger partial charge in [0.05, 0.1) is 0 Å². The van der Waals surface area contributed by atoms with Crippen molar-refractivity contribution in [2.24, 2.45) is 0 Å². The Morgan fingerprint density at radius 1 is 1.36 bits per heavy atom. The van der Waals surface area contributed by atoms with Crippen LogP contribution in [0.5, 0.6) is 0 Å². The zero-order valence-corrected chi connectivity index (χ0v) is 10.4. The zero-order chi connectivity index (χ0) is 11.0. The van der Waals surface area contributed by atoms with Gasteiger partial charge in [-0.1, -0.05) is 19.4 Å². The summed E-state index contributed by atoms with van der Waals surface area (Å²) < 4.78 is 14.7. The van der Waals surface area contributed by atoms with Crippen LogP contribution in [-0.2, 0) is 18.1 Å². The van der Waals surface area contributed by atoms with Crippen molar-refractivity contribution in [2.75, 3.05) is 14.2 Å². The Balaban J connectivity index is 4.05. The van der Waals surface area contributed by atoms with Crippen LogP contribution in [0.15, 0.2) is 11.6 Å². The molecule has 0 aromatic rings. The lowest BCUT2D eigenvalue weighted by atomic mass is 10.2. The van der Waals surface area contributed by atoms with Gasteiger partial charge in [-0.2, -0.15) is 0 Å². The Bertz CT molecular complexity index is 199. The van der Waals surface area contributed by atoms with Gasteiger partial charge in [0.1, 0.15) is 0 Å². The number of hydrogen-bond donors (Lipinski definition) is 0. The van der Waals surface area contributed by atoms with E-state index >= 15 is 0 Å². The van der Waals surface area contributed by atoms with Crippen LogP contribution in [0.25, 0.3) is 0 Å². The zero-order valence-electron chi connectivity index (χ0n) is 9.20. The highest BCUT2D eigenvalue weighted by atomic mass is 28.3. The highest BCUT2D eigenvalue weighted by Gasteiger charge is 2.17. The number of allylic oxidation sites excluding steroid dienone is 1. The molecule has 0 atom stereocenters. The molecule has 0 saturated heterocycles. The third-order valence-corrected chi connectivity index (χ3v) is 2.83. The number of unbranched alkanes of at least 4 members (excludes halogenated alkanes) is 1. The molecule has 0 amide bonds. The second kappa shape index (κ2) is 7.72. The van der Waals surface area contributed by atoms with Crippen molar-refractivity contribution in [1.82, 2.24) is 0 Å². The average molecular weight is 218 g/mol. The highest BCUT2D eigenvalue weighted by Crippen LogP contribution is 2.02. The molecule has 0 saturated carbocycles. The summed E-state index contributed by atoms with van der Waals surface area (Å²) >= 11 is 0. The number of carbonyl (C=O) groups excluding carboxylic acids is 1. The number of carbonyl (C=O) groups is 1. The predicted octanol–water partition coefficient (Wildman–Crippen LogP) is 1.29.